The van der Waals surface area contributed by atoms with Crippen LogP contribution in [0.4, 0.5) is 0 Å². The van der Waals surface area contributed by atoms with Gasteiger partial charge in [0.2, 0.25) is 0 Å². The topological polar surface area (TPSA) is 38.7 Å². The molecular weight excluding hydrogens is 763 g/mol. The molecule has 0 N–H and O–H groups in total. The van der Waals surface area contributed by atoms with Crippen LogP contribution < -0.4 is 0 Å². The molecule has 1 heterocycles. The van der Waals surface area contributed by atoms with Crippen molar-refractivity contribution in [2.75, 3.05) is 0 Å². The third-order valence-electron chi connectivity index (χ3n) is 12.6. The van der Waals surface area contributed by atoms with Gasteiger partial charge in [-0.2, -0.15) is 0 Å². The number of allylic oxidation sites excluding steroid dienone is 5. The Balaban J connectivity index is 1.11. The first-order valence-electron chi connectivity index (χ1n) is 21.7. The fraction of sp³-hybridized carbons (Fsp3) is 0.0500. The minimum absolute atomic E-state index is 0.0408. The van der Waals surface area contributed by atoms with Gasteiger partial charge in [-0.3, -0.25) is 0 Å². The van der Waals surface area contributed by atoms with Crippen LogP contribution in [-0.4, -0.2) is 15.0 Å². The lowest BCUT2D eigenvalue weighted by Crippen LogP contribution is -2.28. The van der Waals surface area contributed by atoms with E-state index in [1.807, 2.05) is 18.2 Å². The molecule has 0 bridgehead atoms. The van der Waals surface area contributed by atoms with Crippen molar-refractivity contribution in [3.8, 4) is 33.9 Å². The van der Waals surface area contributed by atoms with Crippen LogP contribution in [0.5, 0.6) is 0 Å². The van der Waals surface area contributed by atoms with Crippen LogP contribution in [0.2, 0.25) is 0 Å². The summed E-state index contributed by atoms with van der Waals surface area (Å²) in [5.41, 5.74) is 15.7. The molecule has 2 aliphatic rings. The Morgan fingerprint density at radius 1 is 0.413 bits per heavy atom. The number of aromatic nitrogens is 3. The van der Waals surface area contributed by atoms with E-state index in [2.05, 4.69) is 224 Å². The quantitative estimate of drug-likeness (QED) is 0.136. The van der Waals surface area contributed by atoms with E-state index in [9.17, 15) is 0 Å². The number of nitrogens with zero attached hydrogens (tertiary/aromatic N) is 3. The zero-order valence-corrected chi connectivity index (χ0v) is 34.7. The van der Waals surface area contributed by atoms with Crippen molar-refractivity contribution in [2.24, 2.45) is 5.92 Å². The summed E-state index contributed by atoms with van der Waals surface area (Å²) in [4.78, 5) is 15.9. The molecule has 8 aromatic carbocycles. The Hall–Kier alpha value is -8.01. The highest BCUT2D eigenvalue weighted by Crippen LogP contribution is 2.56. The summed E-state index contributed by atoms with van der Waals surface area (Å²) in [6, 6.07) is 80.1. The second-order valence-corrected chi connectivity index (χ2v) is 16.2. The van der Waals surface area contributed by atoms with Crippen molar-refractivity contribution in [3.05, 3.63) is 287 Å². The van der Waals surface area contributed by atoms with Crippen LogP contribution in [-0.2, 0) is 5.41 Å². The van der Waals surface area contributed by atoms with Crippen molar-refractivity contribution < 1.29 is 0 Å². The van der Waals surface area contributed by atoms with Gasteiger partial charge in [0.1, 0.15) is 0 Å². The van der Waals surface area contributed by atoms with Gasteiger partial charge in [0.05, 0.1) is 5.41 Å². The normalized spacial score (nSPS) is 14.6. The Kier molecular flexibility index (Phi) is 9.91. The van der Waals surface area contributed by atoms with E-state index in [0.717, 1.165) is 23.1 Å². The fourth-order valence-corrected chi connectivity index (χ4v) is 9.82. The molecule has 3 heteroatoms. The molecule has 1 unspecified atom stereocenters. The van der Waals surface area contributed by atoms with Crippen LogP contribution in [0.15, 0.2) is 243 Å². The first kappa shape index (κ1) is 38.0. The van der Waals surface area contributed by atoms with Crippen molar-refractivity contribution in [2.45, 2.75) is 11.8 Å². The summed E-state index contributed by atoms with van der Waals surface area (Å²) in [6.45, 7) is 0. The summed E-state index contributed by atoms with van der Waals surface area (Å²) in [5, 5.41) is 0. The molecule has 0 saturated heterocycles. The SMILES string of the molecule is C1=CC(c2nc(-c3ccccc3)nc(-c3ccc4c(c3)C(c3ccccc3)(c3ccccc3)c3ccccc3-4)n2)=CC(C(=C(c2ccccc2)c2ccccc2)c2ccccc2)C1. The van der Waals surface area contributed by atoms with Gasteiger partial charge < -0.3 is 0 Å². The van der Waals surface area contributed by atoms with Crippen molar-refractivity contribution in [1.29, 1.82) is 0 Å². The highest BCUT2D eigenvalue weighted by atomic mass is 15.0. The summed E-state index contributed by atoms with van der Waals surface area (Å²) < 4.78 is 0. The third-order valence-corrected chi connectivity index (χ3v) is 12.6. The van der Waals surface area contributed by atoms with Crippen molar-refractivity contribution in [1.82, 2.24) is 15.0 Å². The maximum atomic E-state index is 5.39. The van der Waals surface area contributed by atoms with Gasteiger partial charge in [-0.25, -0.2) is 15.0 Å². The molecule has 0 spiro atoms. The molecule has 0 saturated carbocycles. The predicted molar refractivity (Wildman–Crippen MR) is 258 cm³/mol. The van der Waals surface area contributed by atoms with E-state index in [-0.39, 0.29) is 5.92 Å². The molecule has 9 aromatic rings. The Morgan fingerprint density at radius 2 is 0.889 bits per heavy atom. The van der Waals surface area contributed by atoms with E-state index in [4.69, 9.17) is 15.0 Å². The van der Waals surface area contributed by atoms with E-state index >= 15 is 0 Å². The van der Waals surface area contributed by atoms with Crippen molar-refractivity contribution in [3.63, 3.8) is 0 Å². The van der Waals surface area contributed by atoms with Crippen molar-refractivity contribution >= 4 is 16.7 Å². The van der Waals surface area contributed by atoms with Gasteiger partial charge in [-0.15, -0.1) is 0 Å². The predicted octanol–water partition coefficient (Wildman–Crippen LogP) is 14.2. The van der Waals surface area contributed by atoms with Gasteiger partial charge in [0.25, 0.3) is 0 Å². The molecule has 0 aliphatic heterocycles. The second kappa shape index (κ2) is 16.5. The largest absolute Gasteiger partial charge is 0.208 e. The van der Waals surface area contributed by atoms with Gasteiger partial charge in [-0.05, 0) is 73.7 Å². The molecule has 2 aliphatic carbocycles. The fourth-order valence-electron chi connectivity index (χ4n) is 9.82. The lowest BCUT2D eigenvalue weighted by molar-refractivity contribution is 0.768. The highest BCUT2D eigenvalue weighted by Gasteiger charge is 2.46. The second-order valence-electron chi connectivity index (χ2n) is 16.2. The molecule has 63 heavy (non-hydrogen) atoms. The summed E-state index contributed by atoms with van der Waals surface area (Å²) in [7, 11) is 0. The van der Waals surface area contributed by atoms with Crippen LogP contribution in [0, 0.1) is 5.92 Å². The number of hydrogen-bond acceptors (Lipinski definition) is 3. The van der Waals surface area contributed by atoms with Crippen LogP contribution in [0.3, 0.4) is 0 Å². The molecule has 1 atom stereocenters. The smallest absolute Gasteiger partial charge is 0.164 e. The number of fused-ring (bicyclic) bond motifs is 3. The van der Waals surface area contributed by atoms with Gasteiger partial charge >= 0.3 is 0 Å². The number of rotatable bonds is 9. The molecule has 0 amide bonds. The first-order valence-corrected chi connectivity index (χ1v) is 21.7. The molecule has 0 fully saturated rings. The molecule has 11 rings (SSSR count). The molecule has 3 nitrogen and oxygen atoms in total. The third kappa shape index (κ3) is 6.85. The lowest BCUT2D eigenvalue weighted by atomic mass is 9.67. The van der Waals surface area contributed by atoms with E-state index < -0.39 is 5.41 Å². The molecule has 298 valence electrons. The minimum Gasteiger partial charge on any atom is -0.208 e. The van der Waals surface area contributed by atoms with Crippen LogP contribution in [0.25, 0.3) is 50.6 Å². The van der Waals surface area contributed by atoms with Crippen LogP contribution in [0.1, 0.15) is 51.2 Å². The van der Waals surface area contributed by atoms with E-state index in [0.29, 0.717) is 17.5 Å². The summed E-state index contributed by atoms with van der Waals surface area (Å²) in [6.07, 6.45) is 7.68. The maximum absolute atomic E-state index is 5.39. The van der Waals surface area contributed by atoms with Gasteiger partial charge in [0.15, 0.2) is 17.5 Å². The maximum Gasteiger partial charge on any atom is 0.164 e. The Bertz CT molecular complexity index is 3080. The minimum atomic E-state index is -0.542. The monoisotopic (exact) mass is 805 g/mol. The molecular formula is C60H43N3. The standard InChI is InChI=1S/C60H43N3/c1-7-22-42(23-8-1)55(43-24-9-2-10-25-43)56(44-26-11-3-12-27-44)46-30-21-31-47(40-46)58-61-57(45-28-13-4-14-29-45)62-59(63-58)48-38-39-52-51-36-19-20-37-53(51)60(54(52)41-48,49-32-15-5-16-33-49)50-34-17-6-18-35-50/h1-29,31-41,46H,30H2. The van der Waals surface area contributed by atoms with Crippen LogP contribution >= 0.6 is 0 Å². The summed E-state index contributed by atoms with van der Waals surface area (Å²) >= 11 is 0. The zero-order chi connectivity index (χ0) is 42.0. The first-order chi connectivity index (χ1) is 31.3. The lowest BCUT2D eigenvalue weighted by Gasteiger charge is -2.34. The molecule has 1 aromatic heterocycles. The average molecular weight is 806 g/mol. The summed E-state index contributed by atoms with van der Waals surface area (Å²) in [5.74, 6) is 1.96. The number of benzene rings is 8. The Labute approximate surface area is 369 Å². The Morgan fingerprint density at radius 3 is 1.49 bits per heavy atom. The highest BCUT2D eigenvalue weighted by molar-refractivity contribution is 6.00. The van der Waals surface area contributed by atoms with E-state index in [1.165, 1.54) is 61.2 Å². The van der Waals surface area contributed by atoms with Gasteiger partial charge in [-0.1, -0.05) is 237 Å². The zero-order valence-electron chi connectivity index (χ0n) is 34.7. The average Bonchev–Trinajstić information content (AvgIpc) is 3.67. The van der Waals surface area contributed by atoms with Gasteiger partial charge in [0, 0.05) is 22.6 Å². The van der Waals surface area contributed by atoms with E-state index in [1.54, 1.807) is 0 Å². The number of hydrogen-bond donors (Lipinski definition) is 0. The molecule has 0 radical (unpaired) electrons.